The minimum Gasteiger partial charge on any atom is -0.744 e. The molecule has 0 radical (unpaired) electrons. The summed E-state index contributed by atoms with van der Waals surface area (Å²) in [5, 5.41) is 0. The topological polar surface area (TPSA) is 57.2 Å². The molecule has 0 aliphatic rings. The Hall–Kier alpha value is 0.130. The van der Waals surface area contributed by atoms with Gasteiger partial charge in [-0.2, -0.15) is 0 Å². The first-order chi connectivity index (χ1) is 6.32. The predicted molar refractivity (Wildman–Crippen MR) is 53.2 cm³/mol. The molecule has 0 fully saturated rings. The zero-order valence-electron chi connectivity index (χ0n) is 9.44. The van der Waals surface area contributed by atoms with Crippen LogP contribution in [0.1, 0.15) is 30.9 Å². The van der Waals surface area contributed by atoms with Gasteiger partial charge in [0, 0.05) is 0 Å². The van der Waals surface area contributed by atoms with Gasteiger partial charge in [0.15, 0.2) is 0 Å². The van der Waals surface area contributed by atoms with Crippen molar-refractivity contribution in [2.24, 2.45) is 0 Å². The molecular weight excluding hydrogens is 223 g/mol. The molecule has 1 rings (SSSR count). The molecule has 78 valence electrons. The molecule has 0 atom stereocenters. The van der Waals surface area contributed by atoms with E-state index in [1.54, 1.807) is 12.1 Å². The van der Waals surface area contributed by atoms with Gasteiger partial charge in [-0.1, -0.05) is 31.5 Å². The number of benzene rings is 1. The van der Waals surface area contributed by atoms with Gasteiger partial charge >= 0.3 is 29.6 Å². The molecule has 0 saturated carbocycles. The zero-order chi connectivity index (χ0) is 10.9. The van der Waals surface area contributed by atoms with Crippen molar-refractivity contribution >= 4 is 10.1 Å². The Morgan fingerprint density at radius 3 is 2.20 bits per heavy atom. The Morgan fingerprint density at radius 1 is 1.27 bits per heavy atom. The van der Waals surface area contributed by atoms with Gasteiger partial charge in [0.25, 0.3) is 0 Å². The van der Waals surface area contributed by atoms with Crippen LogP contribution in [0.2, 0.25) is 0 Å². The molecule has 0 N–H and O–H groups in total. The van der Waals surface area contributed by atoms with Crippen LogP contribution in [0.4, 0.5) is 0 Å². The molecule has 5 heteroatoms. The number of hydrogen-bond acceptors (Lipinski definition) is 3. The van der Waals surface area contributed by atoms with E-state index in [0.717, 1.165) is 5.56 Å². The summed E-state index contributed by atoms with van der Waals surface area (Å²) >= 11 is 0. The van der Waals surface area contributed by atoms with Crippen molar-refractivity contribution in [3.63, 3.8) is 0 Å². The second kappa shape index (κ2) is 5.46. The SMILES string of the molecule is Cc1ccc(S(=O)(=O)[O-])c(C(C)C)c1.[Na+]. The summed E-state index contributed by atoms with van der Waals surface area (Å²) in [5.41, 5.74) is 1.56. The molecule has 1 aromatic rings. The van der Waals surface area contributed by atoms with Crippen molar-refractivity contribution in [3.05, 3.63) is 29.3 Å². The molecule has 0 heterocycles. The van der Waals surface area contributed by atoms with Gasteiger partial charge in [-0.15, -0.1) is 0 Å². The molecule has 1 aromatic carbocycles. The van der Waals surface area contributed by atoms with Crippen molar-refractivity contribution in [2.45, 2.75) is 31.6 Å². The number of hydrogen-bond donors (Lipinski definition) is 0. The van der Waals surface area contributed by atoms with Crippen molar-refractivity contribution in [1.82, 2.24) is 0 Å². The molecule has 3 nitrogen and oxygen atoms in total. The van der Waals surface area contributed by atoms with Crippen molar-refractivity contribution in [3.8, 4) is 0 Å². The van der Waals surface area contributed by atoms with E-state index in [-0.39, 0.29) is 40.4 Å². The Bertz CT molecular complexity index is 438. The van der Waals surface area contributed by atoms with Gasteiger partial charge in [0.2, 0.25) is 0 Å². The first kappa shape index (κ1) is 15.1. The smallest absolute Gasteiger partial charge is 0.744 e. The van der Waals surface area contributed by atoms with Crippen molar-refractivity contribution < 1.29 is 42.5 Å². The molecule has 0 aliphatic heterocycles. The molecule has 15 heavy (non-hydrogen) atoms. The molecule has 0 amide bonds. The summed E-state index contributed by atoms with van der Waals surface area (Å²) in [6.45, 7) is 5.60. The average Bonchev–Trinajstić information content (AvgIpc) is 2.01. The molecule has 0 saturated heterocycles. The van der Waals surface area contributed by atoms with E-state index < -0.39 is 10.1 Å². The quantitative estimate of drug-likeness (QED) is 0.490. The van der Waals surface area contributed by atoms with Crippen LogP contribution in [0, 0.1) is 6.92 Å². The van der Waals surface area contributed by atoms with Gasteiger partial charge in [-0.3, -0.25) is 0 Å². The third-order valence-corrected chi connectivity index (χ3v) is 2.97. The molecule has 0 aliphatic carbocycles. The fourth-order valence-corrected chi connectivity index (χ4v) is 2.16. The Balaban J connectivity index is 0.00000196. The van der Waals surface area contributed by atoms with Crippen LogP contribution < -0.4 is 29.6 Å². The summed E-state index contributed by atoms with van der Waals surface area (Å²) in [6.07, 6.45) is 0. The number of aryl methyl sites for hydroxylation is 1. The van der Waals surface area contributed by atoms with Crippen LogP contribution >= 0.6 is 0 Å². The summed E-state index contributed by atoms with van der Waals surface area (Å²) in [5.74, 6) is 0.0358. The summed E-state index contributed by atoms with van der Waals surface area (Å²) < 4.78 is 32.7. The molecule has 0 spiro atoms. The summed E-state index contributed by atoms with van der Waals surface area (Å²) in [7, 11) is -4.35. The van der Waals surface area contributed by atoms with Gasteiger partial charge in [-0.05, 0) is 24.5 Å². The molecule has 0 bridgehead atoms. The van der Waals surface area contributed by atoms with Crippen molar-refractivity contribution in [2.75, 3.05) is 0 Å². The summed E-state index contributed by atoms with van der Waals surface area (Å²) in [6, 6.07) is 4.76. The largest absolute Gasteiger partial charge is 1.00 e. The van der Waals surface area contributed by atoms with Crippen LogP contribution in [0.15, 0.2) is 23.1 Å². The standard InChI is InChI=1S/C10H14O3S.Na/c1-7(2)9-6-8(3)4-5-10(9)14(11,12)13;/h4-7H,1-3H3,(H,11,12,13);/q;+1/p-1. The number of rotatable bonds is 2. The maximum Gasteiger partial charge on any atom is 1.00 e. The zero-order valence-corrected chi connectivity index (χ0v) is 12.3. The Morgan fingerprint density at radius 2 is 1.80 bits per heavy atom. The average molecular weight is 236 g/mol. The first-order valence-electron chi connectivity index (χ1n) is 4.39. The second-order valence-corrected chi connectivity index (χ2v) is 5.00. The van der Waals surface area contributed by atoms with E-state index in [2.05, 4.69) is 0 Å². The van der Waals surface area contributed by atoms with E-state index in [4.69, 9.17) is 0 Å². The van der Waals surface area contributed by atoms with Gasteiger partial charge < -0.3 is 4.55 Å². The Labute approximate surface area is 113 Å². The molecule has 0 aromatic heterocycles. The van der Waals surface area contributed by atoms with Crippen LogP contribution in [-0.2, 0) is 10.1 Å². The van der Waals surface area contributed by atoms with Crippen LogP contribution in [-0.4, -0.2) is 13.0 Å². The predicted octanol–water partition coefficient (Wildman–Crippen LogP) is -0.973. The molecule has 0 unspecified atom stereocenters. The van der Waals surface area contributed by atoms with Crippen LogP contribution in [0.25, 0.3) is 0 Å². The summed E-state index contributed by atoms with van der Waals surface area (Å²) in [4.78, 5) is -0.0990. The van der Waals surface area contributed by atoms with E-state index in [0.29, 0.717) is 5.56 Å². The van der Waals surface area contributed by atoms with E-state index >= 15 is 0 Å². The monoisotopic (exact) mass is 236 g/mol. The Kier molecular flexibility index (Phi) is 5.50. The maximum atomic E-state index is 10.9. The van der Waals surface area contributed by atoms with Gasteiger partial charge in [-0.25, -0.2) is 8.42 Å². The fraction of sp³-hybridized carbons (Fsp3) is 0.400. The normalized spacial score (nSPS) is 11.3. The van der Waals surface area contributed by atoms with E-state index in [9.17, 15) is 13.0 Å². The minimum absolute atomic E-state index is 0. The van der Waals surface area contributed by atoms with Crippen LogP contribution in [0.5, 0.6) is 0 Å². The van der Waals surface area contributed by atoms with Gasteiger partial charge in [0.1, 0.15) is 10.1 Å². The van der Waals surface area contributed by atoms with E-state index in [1.807, 2.05) is 20.8 Å². The van der Waals surface area contributed by atoms with Crippen molar-refractivity contribution in [1.29, 1.82) is 0 Å². The second-order valence-electron chi connectivity index (χ2n) is 3.65. The third kappa shape index (κ3) is 3.89. The third-order valence-electron chi connectivity index (χ3n) is 2.06. The van der Waals surface area contributed by atoms with Gasteiger partial charge in [0.05, 0.1) is 4.90 Å². The first-order valence-corrected chi connectivity index (χ1v) is 5.79. The fourth-order valence-electron chi connectivity index (χ4n) is 1.35. The minimum atomic E-state index is -4.35. The molecular formula is C10H13NaO3S. The van der Waals surface area contributed by atoms with Crippen LogP contribution in [0.3, 0.4) is 0 Å². The maximum absolute atomic E-state index is 10.9. The van der Waals surface area contributed by atoms with E-state index in [1.165, 1.54) is 6.07 Å².